The number of nitrogens with one attached hydrogen (secondary N) is 1. The average Bonchev–Trinajstić information content (AvgIpc) is 3.66. The SMILES string of the molecule is CCOC(=O)c1nn(-c2cccc(C3=NC(=O)N=N3)c2)c2c1CCN(C(=O)Nc1ccc(-c3ccccc3CN(C)C)cc1)C2=O. The lowest BCUT2D eigenvalue weighted by Crippen LogP contribution is -2.45. The van der Waals surface area contributed by atoms with E-state index >= 15 is 0 Å². The molecule has 1 N–H and O–H groups in total. The van der Waals surface area contributed by atoms with Crippen molar-refractivity contribution in [3.8, 4) is 16.8 Å². The molecule has 2 aliphatic rings. The number of carbonyl (C=O) groups excluding carboxylic acids is 4. The quantitative estimate of drug-likeness (QED) is 0.262. The van der Waals surface area contributed by atoms with E-state index in [9.17, 15) is 19.2 Å². The minimum Gasteiger partial charge on any atom is -0.461 e. The average molecular weight is 619 g/mol. The van der Waals surface area contributed by atoms with Crippen LogP contribution in [0.3, 0.4) is 0 Å². The second kappa shape index (κ2) is 12.7. The van der Waals surface area contributed by atoms with E-state index in [0.29, 0.717) is 22.5 Å². The first kappa shape index (κ1) is 30.2. The molecule has 4 aromatic rings. The van der Waals surface area contributed by atoms with Crippen LogP contribution in [0.5, 0.6) is 0 Å². The molecule has 3 heterocycles. The van der Waals surface area contributed by atoms with Crippen LogP contribution >= 0.6 is 0 Å². The number of fused-ring (bicyclic) bond motifs is 1. The summed E-state index contributed by atoms with van der Waals surface area (Å²) >= 11 is 0. The number of aromatic nitrogens is 2. The summed E-state index contributed by atoms with van der Waals surface area (Å²) in [6.45, 7) is 2.61. The highest BCUT2D eigenvalue weighted by Gasteiger charge is 2.37. The summed E-state index contributed by atoms with van der Waals surface area (Å²) in [5.41, 5.74) is 5.07. The molecule has 3 aromatic carbocycles. The number of ether oxygens (including phenoxy) is 1. The van der Waals surface area contributed by atoms with E-state index in [1.807, 2.05) is 38.4 Å². The molecule has 0 saturated carbocycles. The summed E-state index contributed by atoms with van der Waals surface area (Å²) in [6.07, 6.45) is 0.194. The van der Waals surface area contributed by atoms with Crippen LogP contribution in [0.15, 0.2) is 88.0 Å². The lowest BCUT2D eigenvalue weighted by molar-refractivity contribution is 0.0517. The Hall–Kier alpha value is -5.82. The number of aliphatic imine (C=N–C) groups is 1. The number of imide groups is 1. The van der Waals surface area contributed by atoms with Crippen molar-refractivity contribution < 1.29 is 23.9 Å². The van der Waals surface area contributed by atoms with Crippen molar-refractivity contribution in [3.05, 3.63) is 101 Å². The molecule has 0 bridgehead atoms. The van der Waals surface area contributed by atoms with E-state index < -0.39 is 23.9 Å². The number of amides is 5. The van der Waals surface area contributed by atoms with Crippen LogP contribution in [0.1, 0.15) is 44.6 Å². The molecule has 5 amide bonds. The first-order valence-electron chi connectivity index (χ1n) is 14.6. The summed E-state index contributed by atoms with van der Waals surface area (Å²) in [5, 5.41) is 14.5. The number of rotatable bonds is 8. The number of nitrogens with zero attached hydrogens (tertiary/aromatic N) is 7. The monoisotopic (exact) mass is 618 g/mol. The van der Waals surface area contributed by atoms with Crippen molar-refractivity contribution in [2.75, 3.05) is 32.6 Å². The fraction of sp³-hybridized carbons (Fsp3) is 0.212. The number of hydrogen-bond donors (Lipinski definition) is 1. The maximum Gasteiger partial charge on any atom is 0.387 e. The number of carbonyl (C=O) groups is 4. The summed E-state index contributed by atoms with van der Waals surface area (Å²) in [5.74, 6) is -1.20. The molecule has 0 aliphatic carbocycles. The van der Waals surface area contributed by atoms with Crippen molar-refractivity contribution in [3.63, 3.8) is 0 Å². The van der Waals surface area contributed by atoms with Gasteiger partial charge in [0.05, 0.1) is 12.3 Å². The first-order chi connectivity index (χ1) is 22.2. The smallest absolute Gasteiger partial charge is 0.387 e. The number of amidine groups is 1. The molecular formula is C33H30N8O5. The lowest BCUT2D eigenvalue weighted by atomic mass is 9.99. The molecule has 0 saturated heterocycles. The molecule has 232 valence electrons. The van der Waals surface area contributed by atoms with Crippen molar-refractivity contribution in [2.24, 2.45) is 15.2 Å². The first-order valence-corrected chi connectivity index (χ1v) is 14.6. The zero-order chi connectivity index (χ0) is 32.4. The molecule has 1 aromatic heterocycles. The summed E-state index contributed by atoms with van der Waals surface area (Å²) in [4.78, 5) is 58.7. The topological polar surface area (TPSA) is 151 Å². The lowest BCUT2D eigenvalue weighted by Gasteiger charge is -2.26. The van der Waals surface area contributed by atoms with E-state index in [1.54, 1.807) is 43.3 Å². The normalized spacial score (nSPS) is 14.0. The van der Waals surface area contributed by atoms with Crippen molar-refractivity contribution in [1.29, 1.82) is 0 Å². The Kier molecular flexibility index (Phi) is 8.31. The second-order valence-electron chi connectivity index (χ2n) is 10.9. The van der Waals surface area contributed by atoms with Gasteiger partial charge in [0.25, 0.3) is 5.91 Å². The molecule has 0 atom stereocenters. The van der Waals surface area contributed by atoms with Gasteiger partial charge < -0.3 is 15.0 Å². The van der Waals surface area contributed by atoms with Gasteiger partial charge in [-0.3, -0.25) is 9.69 Å². The number of urea groups is 2. The number of benzene rings is 3. The number of anilines is 1. The standard InChI is InChI=1S/C33H30N8O5/c1-4-46-31(43)27-26-16-17-40(30(42)28(26)41(38-27)24-10-7-9-21(18-24)29-35-32(44)37-36-29)33(45)34-23-14-12-20(13-15-23)25-11-6-5-8-22(25)19-39(2)3/h5-15,18H,4,16-17,19H2,1-3H3,(H,34,45). The van der Waals surface area contributed by atoms with Crippen LogP contribution < -0.4 is 5.32 Å². The molecule has 0 unspecified atom stereocenters. The Bertz CT molecular complexity index is 1930. The third-order valence-electron chi connectivity index (χ3n) is 7.46. The molecule has 0 fully saturated rings. The molecule has 0 spiro atoms. The number of hydrogen-bond acceptors (Lipinski definition) is 8. The Morgan fingerprint density at radius 3 is 2.46 bits per heavy atom. The Labute approximate surface area is 264 Å². The van der Waals surface area contributed by atoms with E-state index in [2.05, 4.69) is 42.7 Å². The van der Waals surface area contributed by atoms with Gasteiger partial charge >= 0.3 is 18.0 Å². The summed E-state index contributed by atoms with van der Waals surface area (Å²) in [6, 6.07) is 20.9. The Balaban J connectivity index is 1.28. The van der Waals surface area contributed by atoms with E-state index in [-0.39, 0.29) is 36.8 Å². The summed E-state index contributed by atoms with van der Waals surface area (Å²) in [7, 11) is 4.04. The molecule has 46 heavy (non-hydrogen) atoms. The van der Waals surface area contributed by atoms with Gasteiger partial charge in [0.15, 0.2) is 11.5 Å². The third-order valence-corrected chi connectivity index (χ3v) is 7.46. The molecule has 13 heteroatoms. The van der Waals surface area contributed by atoms with Gasteiger partial charge in [-0.05, 0) is 68.4 Å². The van der Waals surface area contributed by atoms with Crippen molar-refractivity contribution in [1.82, 2.24) is 19.6 Å². The zero-order valence-electron chi connectivity index (χ0n) is 25.4. The van der Waals surface area contributed by atoms with Crippen LogP contribution in [0.2, 0.25) is 0 Å². The minimum atomic E-state index is -0.720. The summed E-state index contributed by atoms with van der Waals surface area (Å²) < 4.78 is 6.52. The van der Waals surface area contributed by atoms with E-state index in [4.69, 9.17) is 4.74 Å². The highest BCUT2D eigenvalue weighted by molar-refractivity contribution is 6.11. The van der Waals surface area contributed by atoms with Crippen molar-refractivity contribution in [2.45, 2.75) is 19.9 Å². The fourth-order valence-corrected chi connectivity index (χ4v) is 5.43. The van der Waals surface area contributed by atoms with Gasteiger partial charge in [-0.15, -0.1) is 5.11 Å². The Morgan fingerprint density at radius 1 is 0.957 bits per heavy atom. The van der Waals surface area contributed by atoms with E-state index in [1.165, 1.54) is 10.2 Å². The third kappa shape index (κ3) is 5.95. The Morgan fingerprint density at radius 2 is 1.74 bits per heavy atom. The molecule has 2 aliphatic heterocycles. The maximum absolute atomic E-state index is 13.9. The highest BCUT2D eigenvalue weighted by atomic mass is 16.5. The van der Waals surface area contributed by atoms with Crippen LogP contribution in [-0.4, -0.2) is 76.6 Å². The van der Waals surface area contributed by atoms with Crippen LogP contribution in [0.25, 0.3) is 16.8 Å². The number of azo groups is 1. The maximum atomic E-state index is 13.9. The van der Waals surface area contributed by atoms with Crippen molar-refractivity contribution >= 4 is 35.5 Å². The van der Waals surface area contributed by atoms with Gasteiger partial charge in [0.2, 0.25) is 0 Å². The molecule has 6 rings (SSSR count). The molecule has 0 radical (unpaired) electrons. The second-order valence-corrected chi connectivity index (χ2v) is 10.9. The van der Waals surface area contributed by atoms with Crippen LogP contribution in [0.4, 0.5) is 15.3 Å². The van der Waals surface area contributed by atoms with Gasteiger partial charge in [-0.1, -0.05) is 53.6 Å². The largest absolute Gasteiger partial charge is 0.461 e. The van der Waals surface area contributed by atoms with Crippen LogP contribution in [0, 0.1) is 0 Å². The fourth-order valence-electron chi connectivity index (χ4n) is 5.43. The molecule has 13 nitrogen and oxygen atoms in total. The molecular weight excluding hydrogens is 588 g/mol. The van der Waals surface area contributed by atoms with Gasteiger partial charge in [-0.2, -0.15) is 10.1 Å². The predicted octanol–water partition coefficient (Wildman–Crippen LogP) is 5.34. The minimum absolute atomic E-state index is 0.00568. The van der Waals surface area contributed by atoms with E-state index in [0.717, 1.165) is 22.6 Å². The van der Waals surface area contributed by atoms with Gasteiger partial charge in [0.1, 0.15) is 5.69 Å². The predicted molar refractivity (Wildman–Crippen MR) is 169 cm³/mol. The van der Waals surface area contributed by atoms with Crippen LogP contribution in [-0.2, 0) is 17.7 Å². The van der Waals surface area contributed by atoms with Gasteiger partial charge in [0, 0.05) is 29.9 Å². The zero-order valence-corrected chi connectivity index (χ0v) is 25.4. The number of esters is 1. The van der Waals surface area contributed by atoms with Gasteiger partial charge in [-0.25, -0.2) is 19.1 Å². The highest BCUT2D eigenvalue weighted by Crippen LogP contribution is 2.29.